The van der Waals surface area contributed by atoms with E-state index in [1.54, 1.807) is 0 Å². The Morgan fingerprint density at radius 2 is 2.00 bits per heavy atom. The number of amides is 1. The molecule has 0 bridgehead atoms. The van der Waals surface area contributed by atoms with Crippen molar-refractivity contribution in [1.29, 1.82) is 0 Å². The first-order valence-corrected chi connectivity index (χ1v) is 9.12. The highest BCUT2D eigenvalue weighted by Gasteiger charge is 2.30. The summed E-state index contributed by atoms with van der Waals surface area (Å²) in [6.45, 7) is 5.12. The van der Waals surface area contributed by atoms with Crippen LogP contribution in [-0.4, -0.2) is 64.3 Å². The minimum atomic E-state index is 0. The van der Waals surface area contributed by atoms with Crippen molar-refractivity contribution in [3.05, 3.63) is 48.3 Å². The fourth-order valence-electron chi connectivity index (χ4n) is 3.92. The third-order valence-electron chi connectivity index (χ3n) is 5.15. The van der Waals surface area contributed by atoms with Gasteiger partial charge >= 0.3 is 0 Å². The second kappa shape index (κ2) is 8.66. The first-order chi connectivity index (χ1) is 12.3. The molecule has 1 N–H and O–H groups in total. The lowest BCUT2D eigenvalue weighted by Gasteiger charge is -2.41. The lowest BCUT2D eigenvalue weighted by atomic mass is 10.0. The Labute approximate surface area is 160 Å². The number of para-hydroxylation sites is 1. The van der Waals surface area contributed by atoms with Crippen molar-refractivity contribution in [2.75, 3.05) is 32.7 Å². The van der Waals surface area contributed by atoms with Gasteiger partial charge in [-0.2, -0.15) is 5.10 Å². The summed E-state index contributed by atoms with van der Waals surface area (Å²) in [5, 5.41) is 7.65. The molecule has 1 aromatic heterocycles. The Morgan fingerprint density at radius 1 is 1.15 bits per heavy atom. The maximum absolute atomic E-state index is 12.2. The molecule has 0 spiro atoms. The van der Waals surface area contributed by atoms with E-state index >= 15 is 0 Å². The van der Waals surface area contributed by atoms with Gasteiger partial charge in [-0.25, -0.2) is 4.68 Å². The van der Waals surface area contributed by atoms with Crippen LogP contribution in [0.25, 0.3) is 5.69 Å². The molecular formula is C19H26ClN5O. The Hall–Kier alpha value is -1.89. The maximum Gasteiger partial charge on any atom is 0.236 e. The molecule has 6 nitrogen and oxygen atoms in total. The predicted octanol–water partition coefficient (Wildman–Crippen LogP) is 1.69. The van der Waals surface area contributed by atoms with Crippen LogP contribution in [0.4, 0.5) is 0 Å². The van der Waals surface area contributed by atoms with E-state index in [2.05, 4.69) is 38.4 Å². The van der Waals surface area contributed by atoms with E-state index in [0.29, 0.717) is 12.6 Å². The lowest BCUT2D eigenvalue weighted by Crippen LogP contribution is -2.56. The summed E-state index contributed by atoms with van der Waals surface area (Å²) in [5.41, 5.74) is 2.28. The van der Waals surface area contributed by atoms with E-state index in [1.165, 1.54) is 5.69 Å². The third-order valence-corrected chi connectivity index (χ3v) is 5.15. The van der Waals surface area contributed by atoms with Crippen molar-refractivity contribution in [3.63, 3.8) is 0 Å². The Kier molecular flexibility index (Phi) is 6.29. The molecule has 1 amide bonds. The molecular weight excluding hydrogens is 350 g/mol. The highest BCUT2D eigenvalue weighted by molar-refractivity contribution is 5.85. The van der Waals surface area contributed by atoms with Crippen LogP contribution in [0.3, 0.4) is 0 Å². The number of nitrogens with one attached hydrogen (secondary N) is 1. The maximum atomic E-state index is 12.2. The molecule has 2 fully saturated rings. The normalized spacial score (nSPS) is 21.5. The summed E-state index contributed by atoms with van der Waals surface area (Å²) in [7, 11) is 0. The Balaban J connectivity index is 0.00000196. The summed E-state index contributed by atoms with van der Waals surface area (Å²) in [5.74, 6) is 0.243. The number of likely N-dealkylation sites (tertiary alicyclic amines) is 1. The van der Waals surface area contributed by atoms with Gasteiger partial charge in [-0.05, 0) is 37.6 Å². The largest absolute Gasteiger partial charge is 0.336 e. The monoisotopic (exact) mass is 375 g/mol. The summed E-state index contributed by atoms with van der Waals surface area (Å²) < 4.78 is 2.01. The zero-order valence-electron chi connectivity index (χ0n) is 14.9. The smallest absolute Gasteiger partial charge is 0.236 e. The molecule has 3 heterocycles. The van der Waals surface area contributed by atoms with Crippen molar-refractivity contribution in [2.45, 2.75) is 25.4 Å². The Bertz CT molecular complexity index is 720. The quantitative estimate of drug-likeness (QED) is 0.883. The highest BCUT2D eigenvalue weighted by atomic mass is 35.5. The van der Waals surface area contributed by atoms with Gasteiger partial charge in [0.1, 0.15) is 0 Å². The summed E-state index contributed by atoms with van der Waals surface area (Å²) >= 11 is 0. The number of hydrogen-bond donors (Lipinski definition) is 1. The topological polar surface area (TPSA) is 53.4 Å². The first-order valence-electron chi connectivity index (χ1n) is 9.12. The number of rotatable bonds is 4. The van der Waals surface area contributed by atoms with Crippen LogP contribution < -0.4 is 5.32 Å². The number of aromatic nitrogens is 2. The molecule has 2 aliphatic rings. The number of piperidine rings is 1. The third kappa shape index (κ3) is 4.09. The summed E-state index contributed by atoms with van der Waals surface area (Å²) in [6, 6.07) is 12.7. The van der Waals surface area contributed by atoms with Gasteiger partial charge in [0.05, 0.1) is 17.9 Å². The van der Waals surface area contributed by atoms with Crippen LogP contribution in [-0.2, 0) is 11.3 Å². The van der Waals surface area contributed by atoms with Gasteiger partial charge in [0.2, 0.25) is 5.91 Å². The number of nitrogens with zero attached hydrogens (tertiary/aromatic N) is 4. The molecule has 0 radical (unpaired) electrons. The fourth-order valence-corrected chi connectivity index (χ4v) is 3.92. The van der Waals surface area contributed by atoms with Crippen LogP contribution in [0.5, 0.6) is 0 Å². The van der Waals surface area contributed by atoms with Crippen molar-refractivity contribution in [2.24, 2.45) is 0 Å². The molecule has 26 heavy (non-hydrogen) atoms. The standard InChI is InChI=1S/C19H25N5O.ClH/c25-19-13-20-10-12-23(19)17-7-4-11-22(14-17)15-18-8-9-21-24(18)16-5-2-1-3-6-16;/h1-3,5-6,8-9,17,20H,4,7,10-15H2;1H. The lowest BCUT2D eigenvalue weighted by molar-refractivity contribution is -0.135. The van der Waals surface area contributed by atoms with Crippen molar-refractivity contribution in [1.82, 2.24) is 24.9 Å². The van der Waals surface area contributed by atoms with Gasteiger partial charge in [-0.3, -0.25) is 9.69 Å². The van der Waals surface area contributed by atoms with Crippen molar-refractivity contribution >= 4 is 18.3 Å². The predicted molar refractivity (Wildman–Crippen MR) is 104 cm³/mol. The zero-order chi connectivity index (χ0) is 17.1. The van der Waals surface area contributed by atoms with Crippen LogP contribution in [0.2, 0.25) is 0 Å². The van der Waals surface area contributed by atoms with E-state index in [1.807, 2.05) is 29.1 Å². The van der Waals surface area contributed by atoms with Gasteiger partial charge in [0.15, 0.2) is 0 Å². The van der Waals surface area contributed by atoms with E-state index < -0.39 is 0 Å². The van der Waals surface area contributed by atoms with E-state index in [9.17, 15) is 4.79 Å². The van der Waals surface area contributed by atoms with E-state index in [4.69, 9.17) is 0 Å². The molecule has 1 atom stereocenters. The average molecular weight is 376 g/mol. The molecule has 2 aromatic rings. The number of carbonyl (C=O) groups excluding carboxylic acids is 1. The summed E-state index contributed by atoms with van der Waals surface area (Å²) in [6.07, 6.45) is 4.12. The second-order valence-electron chi connectivity index (χ2n) is 6.86. The number of piperazine rings is 1. The van der Waals surface area contributed by atoms with Crippen molar-refractivity contribution < 1.29 is 4.79 Å². The number of carbonyl (C=O) groups is 1. The molecule has 0 aliphatic carbocycles. The number of hydrogen-bond acceptors (Lipinski definition) is 4. The van der Waals surface area contributed by atoms with Crippen LogP contribution in [0.15, 0.2) is 42.6 Å². The fraction of sp³-hybridized carbons (Fsp3) is 0.474. The molecule has 2 saturated heterocycles. The van der Waals surface area contributed by atoms with Gasteiger partial charge in [-0.15, -0.1) is 12.4 Å². The molecule has 7 heteroatoms. The molecule has 0 saturated carbocycles. The minimum Gasteiger partial charge on any atom is -0.336 e. The molecule has 2 aliphatic heterocycles. The molecule has 140 valence electrons. The highest BCUT2D eigenvalue weighted by Crippen LogP contribution is 2.20. The minimum absolute atomic E-state index is 0. The van der Waals surface area contributed by atoms with Gasteiger partial charge in [-0.1, -0.05) is 18.2 Å². The van der Waals surface area contributed by atoms with Crippen LogP contribution >= 0.6 is 12.4 Å². The van der Waals surface area contributed by atoms with Crippen molar-refractivity contribution in [3.8, 4) is 5.69 Å². The van der Waals surface area contributed by atoms with E-state index in [0.717, 1.165) is 51.3 Å². The molecule has 1 aromatic carbocycles. The first kappa shape index (κ1) is 18.9. The molecule has 1 unspecified atom stereocenters. The zero-order valence-corrected chi connectivity index (χ0v) is 15.7. The Morgan fingerprint density at radius 3 is 2.81 bits per heavy atom. The van der Waals surface area contributed by atoms with Crippen LogP contribution in [0.1, 0.15) is 18.5 Å². The van der Waals surface area contributed by atoms with E-state index in [-0.39, 0.29) is 18.3 Å². The molecule has 4 rings (SSSR count). The average Bonchev–Trinajstić information content (AvgIpc) is 3.11. The number of halogens is 1. The van der Waals surface area contributed by atoms with Gasteiger partial charge < -0.3 is 10.2 Å². The van der Waals surface area contributed by atoms with Crippen LogP contribution in [0, 0.1) is 0 Å². The summed E-state index contributed by atoms with van der Waals surface area (Å²) in [4.78, 5) is 16.7. The van der Waals surface area contributed by atoms with Gasteiger partial charge in [0.25, 0.3) is 0 Å². The SMILES string of the molecule is Cl.O=C1CNCCN1C1CCCN(Cc2ccnn2-c2ccccc2)C1. The second-order valence-corrected chi connectivity index (χ2v) is 6.86. The van der Waals surface area contributed by atoms with Gasteiger partial charge in [0, 0.05) is 38.4 Å². The number of benzene rings is 1.